The fraction of sp³-hybridized carbons (Fsp3) is 0.538. The zero-order valence-corrected chi connectivity index (χ0v) is 11.7. The Kier molecular flexibility index (Phi) is 5.78. The van der Waals surface area contributed by atoms with Gasteiger partial charge in [0, 0.05) is 13.2 Å². The van der Waals surface area contributed by atoms with Crippen molar-refractivity contribution < 1.29 is 13.5 Å². The van der Waals surface area contributed by atoms with Gasteiger partial charge in [-0.25, -0.2) is 13.1 Å². The number of hydrogen-bond acceptors (Lipinski definition) is 3. The lowest BCUT2D eigenvalue weighted by atomic mass is 10.0. The first-order valence-corrected chi connectivity index (χ1v) is 7.65. The molecule has 1 aromatic rings. The van der Waals surface area contributed by atoms with E-state index in [9.17, 15) is 8.42 Å². The van der Waals surface area contributed by atoms with Crippen molar-refractivity contribution >= 4 is 10.0 Å². The highest BCUT2D eigenvalue weighted by atomic mass is 32.2. The van der Waals surface area contributed by atoms with Crippen LogP contribution in [0.2, 0.25) is 0 Å². The molecule has 0 bridgehead atoms. The molecule has 102 valence electrons. The van der Waals surface area contributed by atoms with Crippen LogP contribution in [0.15, 0.2) is 29.2 Å². The first-order chi connectivity index (χ1) is 8.49. The van der Waals surface area contributed by atoms with Crippen molar-refractivity contribution in [3.8, 4) is 0 Å². The van der Waals surface area contributed by atoms with Gasteiger partial charge < -0.3 is 5.11 Å². The summed E-state index contributed by atoms with van der Waals surface area (Å²) >= 11 is 0. The van der Waals surface area contributed by atoms with Gasteiger partial charge in [0.1, 0.15) is 0 Å². The Labute approximate surface area is 109 Å². The van der Waals surface area contributed by atoms with Gasteiger partial charge in [0.2, 0.25) is 10.0 Å². The van der Waals surface area contributed by atoms with E-state index in [1.165, 1.54) is 0 Å². The molecule has 0 aliphatic heterocycles. The topological polar surface area (TPSA) is 66.4 Å². The molecule has 1 unspecified atom stereocenters. The summed E-state index contributed by atoms with van der Waals surface area (Å²) < 4.78 is 26.7. The fourth-order valence-electron chi connectivity index (χ4n) is 1.73. The minimum atomic E-state index is -3.44. The molecule has 5 heteroatoms. The average molecular weight is 271 g/mol. The molecule has 1 atom stereocenters. The minimum absolute atomic E-state index is 0.0880. The van der Waals surface area contributed by atoms with Crippen LogP contribution in [0.25, 0.3) is 0 Å². The number of aryl methyl sites for hydroxylation is 1. The highest BCUT2D eigenvalue weighted by Gasteiger charge is 2.15. The zero-order chi connectivity index (χ0) is 13.6. The van der Waals surface area contributed by atoms with Crippen molar-refractivity contribution in [2.24, 2.45) is 5.92 Å². The molecular formula is C13H21NO3S. The van der Waals surface area contributed by atoms with E-state index in [2.05, 4.69) is 4.72 Å². The summed E-state index contributed by atoms with van der Waals surface area (Å²) in [5, 5.41) is 8.87. The summed E-state index contributed by atoms with van der Waals surface area (Å²) in [5.41, 5.74) is 0.917. The van der Waals surface area contributed by atoms with Crippen LogP contribution in [0.1, 0.15) is 25.3 Å². The summed E-state index contributed by atoms with van der Waals surface area (Å²) in [6.45, 7) is 4.30. The molecule has 18 heavy (non-hydrogen) atoms. The molecule has 0 saturated heterocycles. The zero-order valence-electron chi connectivity index (χ0n) is 10.9. The van der Waals surface area contributed by atoms with Crippen molar-refractivity contribution in [3.63, 3.8) is 0 Å². The third-order valence-electron chi connectivity index (χ3n) is 2.98. The number of sulfonamides is 1. The third-order valence-corrected chi connectivity index (χ3v) is 4.40. The second-order valence-electron chi connectivity index (χ2n) is 4.45. The van der Waals surface area contributed by atoms with Crippen LogP contribution in [0.5, 0.6) is 0 Å². The van der Waals surface area contributed by atoms with Crippen molar-refractivity contribution in [1.29, 1.82) is 0 Å². The maximum Gasteiger partial charge on any atom is 0.240 e. The normalized spacial score (nSPS) is 13.5. The SMILES string of the molecule is CCC(CCO)CNS(=O)(=O)c1cccc(C)c1. The molecule has 2 N–H and O–H groups in total. The molecular weight excluding hydrogens is 250 g/mol. The molecule has 0 aliphatic carbocycles. The van der Waals surface area contributed by atoms with E-state index in [0.717, 1.165) is 12.0 Å². The number of benzene rings is 1. The van der Waals surface area contributed by atoms with Gasteiger partial charge in [0.05, 0.1) is 4.90 Å². The summed E-state index contributed by atoms with van der Waals surface area (Å²) in [4.78, 5) is 0.293. The Hall–Kier alpha value is -0.910. The van der Waals surface area contributed by atoms with E-state index in [-0.39, 0.29) is 12.5 Å². The number of hydrogen-bond donors (Lipinski definition) is 2. The Morgan fingerprint density at radius 3 is 2.67 bits per heavy atom. The predicted octanol–water partition coefficient (Wildman–Crippen LogP) is 1.68. The summed E-state index contributed by atoms with van der Waals surface area (Å²) in [6.07, 6.45) is 1.46. The van der Waals surface area contributed by atoms with Gasteiger partial charge in [0.25, 0.3) is 0 Å². The second kappa shape index (κ2) is 6.87. The maximum absolute atomic E-state index is 12.0. The van der Waals surface area contributed by atoms with E-state index in [0.29, 0.717) is 17.9 Å². The lowest BCUT2D eigenvalue weighted by molar-refractivity contribution is 0.254. The third kappa shape index (κ3) is 4.40. The van der Waals surface area contributed by atoms with Gasteiger partial charge in [-0.2, -0.15) is 0 Å². The van der Waals surface area contributed by atoms with Crippen molar-refractivity contribution in [3.05, 3.63) is 29.8 Å². The largest absolute Gasteiger partial charge is 0.396 e. The molecule has 0 amide bonds. The van der Waals surface area contributed by atoms with Crippen LogP contribution < -0.4 is 4.72 Å². The van der Waals surface area contributed by atoms with Crippen molar-refractivity contribution in [2.75, 3.05) is 13.2 Å². The second-order valence-corrected chi connectivity index (χ2v) is 6.22. The first-order valence-electron chi connectivity index (χ1n) is 6.16. The van der Waals surface area contributed by atoms with E-state index >= 15 is 0 Å². The van der Waals surface area contributed by atoms with Crippen LogP contribution in [-0.4, -0.2) is 26.7 Å². The fourth-order valence-corrected chi connectivity index (χ4v) is 2.95. The van der Waals surface area contributed by atoms with Crippen LogP contribution in [0.3, 0.4) is 0 Å². The number of aliphatic hydroxyl groups excluding tert-OH is 1. The maximum atomic E-state index is 12.0. The molecule has 0 aromatic heterocycles. The van der Waals surface area contributed by atoms with Crippen LogP contribution in [0, 0.1) is 12.8 Å². The van der Waals surface area contributed by atoms with E-state index in [4.69, 9.17) is 5.11 Å². The van der Waals surface area contributed by atoms with E-state index in [1.54, 1.807) is 18.2 Å². The van der Waals surface area contributed by atoms with Crippen LogP contribution >= 0.6 is 0 Å². The summed E-state index contributed by atoms with van der Waals surface area (Å²) in [7, 11) is -3.44. The highest BCUT2D eigenvalue weighted by Crippen LogP contribution is 2.12. The molecule has 0 aliphatic rings. The lowest BCUT2D eigenvalue weighted by Gasteiger charge is -2.14. The number of rotatable bonds is 7. The van der Waals surface area contributed by atoms with Crippen molar-refractivity contribution in [1.82, 2.24) is 4.72 Å². The van der Waals surface area contributed by atoms with E-state index in [1.807, 2.05) is 19.9 Å². The van der Waals surface area contributed by atoms with Gasteiger partial charge in [-0.05, 0) is 37.0 Å². The Morgan fingerprint density at radius 2 is 2.11 bits per heavy atom. The monoisotopic (exact) mass is 271 g/mol. The molecule has 1 rings (SSSR count). The van der Waals surface area contributed by atoms with Gasteiger partial charge in [-0.1, -0.05) is 25.5 Å². The van der Waals surface area contributed by atoms with Crippen LogP contribution in [-0.2, 0) is 10.0 Å². The Morgan fingerprint density at radius 1 is 1.39 bits per heavy atom. The quantitative estimate of drug-likeness (QED) is 0.793. The molecule has 0 spiro atoms. The number of nitrogens with one attached hydrogen (secondary N) is 1. The minimum Gasteiger partial charge on any atom is -0.396 e. The molecule has 0 heterocycles. The van der Waals surface area contributed by atoms with Crippen LogP contribution in [0.4, 0.5) is 0 Å². The lowest BCUT2D eigenvalue weighted by Crippen LogP contribution is -2.29. The summed E-state index contributed by atoms with van der Waals surface area (Å²) in [5.74, 6) is 0.176. The Bertz CT molecular complexity index is 471. The molecule has 0 saturated carbocycles. The van der Waals surface area contributed by atoms with Gasteiger partial charge in [-0.3, -0.25) is 0 Å². The average Bonchev–Trinajstić information content (AvgIpc) is 2.34. The summed E-state index contributed by atoms with van der Waals surface area (Å²) in [6, 6.07) is 6.83. The standard InChI is InChI=1S/C13H21NO3S/c1-3-12(7-8-15)10-14-18(16,17)13-6-4-5-11(2)9-13/h4-6,9,12,14-15H,3,7-8,10H2,1-2H3. The molecule has 0 fully saturated rings. The first kappa shape index (κ1) is 15.1. The molecule has 4 nitrogen and oxygen atoms in total. The van der Waals surface area contributed by atoms with Gasteiger partial charge in [0.15, 0.2) is 0 Å². The highest BCUT2D eigenvalue weighted by molar-refractivity contribution is 7.89. The Balaban J connectivity index is 2.70. The smallest absolute Gasteiger partial charge is 0.240 e. The van der Waals surface area contributed by atoms with E-state index < -0.39 is 10.0 Å². The predicted molar refractivity (Wildman–Crippen MR) is 71.9 cm³/mol. The molecule has 0 radical (unpaired) electrons. The molecule has 1 aromatic carbocycles. The number of aliphatic hydroxyl groups is 1. The van der Waals surface area contributed by atoms with Gasteiger partial charge >= 0.3 is 0 Å². The van der Waals surface area contributed by atoms with Gasteiger partial charge in [-0.15, -0.1) is 0 Å². The van der Waals surface area contributed by atoms with Crippen molar-refractivity contribution in [2.45, 2.75) is 31.6 Å².